The fraction of sp³-hybridized carbons (Fsp3) is 0.917. The molecule has 0 radical (unpaired) electrons. The zero-order chi connectivity index (χ0) is 14.6. The van der Waals surface area contributed by atoms with E-state index >= 15 is 0 Å². The molecule has 0 aromatic carbocycles. The van der Waals surface area contributed by atoms with Crippen molar-refractivity contribution in [2.75, 3.05) is 6.54 Å². The lowest BCUT2D eigenvalue weighted by Crippen LogP contribution is -2.55. The van der Waals surface area contributed by atoms with E-state index in [0.29, 0.717) is 19.4 Å². The molecule has 0 aliphatic heterocycles. The molecule has 2 unspecified atom stereocenters. The monoisotopic (exact) mass is 273 g/mol. The molecule has 1 aliphatic carbocycles. The molecule has 0 bridgehead atoms. The van der Waals surface area contributed by atoms with Crippen LogP contribution < -0.4 is 5.73 Å². The van der Waals surface area contributed by atoms with E-state index in [9.17, 15) is 14.9 Å². The van der Waals surface area contributed by atoms with E-state index in [1.165, 1.54) is 6.92 Å². The molecule has 1 saturated carbocycles. The molecule has 1 fully saturated rings. The summed E-state index contributed by atoms with van der Waals surface area (Å²) in [4.78, 5) is 28.7. The number of amides is 1. The third-order valence-electron chi connectivity index (χ3n) is 3.27. The van der Waals surface area contributed by atoms with Crippen molar-refractivity contribution < 1.29 is 14.7 Å². The minimum absolute atomic E-state index is 0.123. The summed E-state index contributed by atoms with van der Waals surface area (Å²) >= 11 is 0. The Kier molecular flexibility index (Phi) is 5.11. The second-order valence-electron chi connectivity index (χ2n) is 5.85. The van der Waals surface area contributed by atoms with Gasteiger partial charge in [-0.15, -0.1) is 10.1 Å². The van der Waals surface area contributed by atoms with Gasteiger partial charge in [-0.3, -0.25) is 4.79 Å². The highest BCUT2D eigenvalue weighted by Crippen LogP contribution is 2.26. The third-order valence-corrected chi connectivity index (χ3v) is 3.27. The number of hydrogen-bond acceptors (Lipinski definition) is 5. The summed E-state index contributed by atoms with van der Waals surface area (Å²) in [6.07, 6.45) is 2.59. The van der Waals surface area contributed by atoms with Gasteiger partial charge in [0.2, 0.25) is 5.91 Å². The number of rotatable bonds is 5. The van der Waals surface area contributed by atoms with Gasteiger partial charge in [0.15, 0.2) is 0 Å². The second kappa shape index (κ2) is 6.18. The minimum atomic E-state index is -0.769. The number of carbonyl (C=O) groups is 1. The molecule has 1 amide bonds. The van der Waals surface area contributed by atoms with Crippen LogP contribution in [0.5, 0.6) is 0 Å². The summed E-state index contributed by atoms with van der Waals surface area (Å²) in [6.45, 7) is 5.48. The average molecular weight is 273 g/mol. The first-order valence-electron chi connectivity index (χ1n) is 6.58. The van der Waals surface area contributed by atoms with E-state index in [-0.39, 0.29) is 11.9 Å². The predicted octanol–water partition coefficient (Wildman–Crippen LogP) is 1.09. The molecule has 0 aromatic rings. The van der Waals surface area contributed by atoms with E-state index in [1.807, 2.05) is 13.8 Å². The van der Waals surface area contributed by atoms with Gasteiger partial charge in [0.25, 0.3) is 5.09 Å². The highest BCUT2D eigenvalue weighted by Gasteiger charge is 2.35. The van der Waals surface area contributed by atoms with Crippen molar-refractivity contribution in [3.05, 3.63) is 10.1 Å². The first-order chi connectivity index (χ1) is 8.70. The standard InChI is InChI=1S/C12H23N3O4/c1-9(16)14(8-12(2,3)13)10-6-4-5-7-11(10)19-15(17)18/h10-11H,4-8,13H2,1-3H3. The van der Waals surface area contributed by atoms with Gasteiger partial charge in [-0.05, 0) is 26.7 Å². The summed E-state index contributed by atoms with van der Waals surface area (Å²) < 4.78 is 0. The molecule has 2 atom stereocenters. The topological polar surface area (TPSA) is 98.7 Å². The number of nitrogens with two attached hydrogens (primary N) is 1. The van der Waals surface area contributed by atoms with Crippen LogP contribution in [-0.4, -0.2) is 40.1 Å². The Labute approximate surface area is 113 Å². The van der Waals surface area contributed by atoms with Gasteiger partial charge in [-0.25, -0.2) is 0 Å². The van der Waals surface area contributed by atoms with E-state index in [1.54, 1.807) is 4.90 Å². The molecule has 1 rings (SSSR count). The zero-order valence-electron chi connectivity index (χ0n) is 11.8. The smallest absolute Gasteiger partial charge is 0.294 e. The van der Waals surface area contributed by atoms with Gasteiger partial charge in [-0.2, -0.15) is 0 Å². The van der Waals surface area contributed by atoms with Gasteiger partial charge in [0.05, 0.1) is 6.04 Å². The Morgan fingerprint density at radius 3 is 2.53 bits per heavy atom. The molecule has 110 valence electrons. The van der Waals surface area contributed by atoms with Crippen molar-refractivity contribution in [3.8, 4) is 0 Å². The fourth-order valence-corrected chi connectivity index (χ4v) is 2.57. The summed E-state index contributed by atoms with van der Waals surface area (Å²) in [5, 5.41) is 9.78. The zero-order valence-corrected chi connectivity index (χ0v) is 11.8. The van der Waals surface area contributed by atoms with Crippen LogP contribution in [0.2, 0.25) is 0 Å². The lowest BCUT2D eigenvalue weighted by molar-refractivity contribution is -0.770. The highest BCUT2D eigenvalue weighted by atomic mass is 17.0. The van der Waals surface area contributed by atoms with Crippen molar-refractivity contribution in [2.45, 2.75) is 64.1 Å². The normalized spacial score (nSPS) is 23.8. The molecular formula is C12H23N3O4. The molecule has 2 N–H and O–H groups in total. The molecule has 7 heteroatoms. The summed E-state index contributed by atoms with van der Waals surface area (Å²) in [5.74, 6) is -0.123. The van der Waals surface area contributed by atoms with E-state index in [0.717, 1.165) is 12.8 Å². The van der Waals surface area contributed by atoms with E-state index < -0.39 is 16.7 Å². The molecule has 0 saturated heterocycles. The molecule has 7 nitrogen and oxygen atoms in total. The van der Waals surface area contributed by atoms with Gasteiger partial charge >= 0.3 is 0 Å². The summed E-state index contributed by atoms with van der Waals surface area (Å²) in [7, 11) is 0. The second-order valence-corrected chi connectivity index (χ2v) is 5.85. The molecule has 0 spiro atoms. The van der Waals surface area contributed by atoms with Crippen LogP contribution in [0.3, 0.4) is 0 Å². The summed E-state index contributed by atoms with van der Waals surface area (Å²) in [5.41, 5.74) is 5.42. The van der Waals surface area contributed by atoms with E-state index in [4.69, 9.17) is 10.6 Å². The maximum atomic E-state index is 11.8. The van der Waals surface area contributed by atoms with E-state index in [2.05, 4.69) is 0 Å². The minimum Gasteiger partial charge on any atom is -0.336 e. The van der Waals surface area contributed by atoms with Crippen molar-refractivity contribution in [3.63, 3.8) is 0 Å². The Bertz CT molecular complexity index is 340. The lowest BCUT2D eigenvalue weighted by atomic mass is 9.90. The van der Waals surface area contributed by atoms with Gasteiger partial charge < -0.3 is 15.5 Å². The van der Waals surface area contributed by atoms with Crippen molar-refractivity contribution >= 4 is 5.91 Å². The van der Waals surface area contributed by atoms with Crippen molar-refractivity contribution in [1.82, 2.24) is 4.90 Å². The number of hydrogen-bond donors (Lipinski definition) is 1. The Morgan fingerprint density at radius 2 is 2.05 bits per heavy atom. The average Bonchev–Trinajstić information content (AvgIpc) is 2.24. The quantitative estimate of drug-likeness (QED) is 0.597. The van der Waals surface area contributed by atoms with Gasteiger partial charge in [0.1, 0.15) is 6.10 Å². The van der Waals surface area contributed by atoms with Crippen LogP contribution in [0.1, 0.15) is 46.5 Å². The van der Waals surface area contributed by atoms with Gasteiger partial charge in [-0.1, -0.05) is 12.8 Å². The molecule has 19 heavy (non-hydrogen) atoms. The molecule has 1 aliphatic rings. The first-order valence-corrected chi connectivity index (χ1v) is 6.58. The highest BCUT2D eigenvalue weighted by molar-refractivity contribution is 5.73. The number of nitrogens with zero attached hydrogens (tertiary/aromatic N) is 2. The number of carbonyl (C=O) groups excluding carboxylic acids is 1. The maximum absolute atomic E-state index is 11.8. The van der Waals surface area contributed by atoms with Crippen LogP contribution in [0, 0.1) is 10.1 Å². The largest absolute Gasteiger partial charge is 0.336 e. The molecule has 0 aromatic heterocycles. The molecular weight excluding hydrogens is 250 g/mol. The lowest BCUT2D eigenvalue weighted by Gasteiger charge is -2.41. The Hall–Kier alpha value is -1.37. The van der Waals surface area contributed by atoms with Crippen LogP contribution in [0.25, 0.3) is 0 Å². The summed E-state index contributed by atoms with van der Waals surface area (Å²) in [6, 6.07) is -0.264. The van der Waals surface area contributed by atoms with Crippen molar-refractivity contribution in [2.24, 2.45) is 5.73 Å². The molecule has 0 heterocycles. The fourth-order valence-electron chi connectivity index (χ4n) is 2.57. The van der Waals surface area contributed by atoms with Crippen molar-refractivity contribution in [1.29, 1.82) is 0 Å². The first kappa shape index (κ1) is 15.7. The van der Waals surface area contributed by atoms with Gasteiger partial charge in [0, 0.05) is 19.0 Å². The SMILES string of the molecule is CC(=O)N(CC(C)(C)N)C1CCCCC1O[N+](=O)[O-]. The Balaban J connectivity index is 2.84. The Morgan fingerprint density at radius 1 is 1.47 bits per heavy atom. The maximum Gasteiger partial charge on any atom is 0.294 e. The van der Waals surface area contributed by atoms with Crippen LogP contribution in [-0.2, 0) is 9.63 Å². The van der Waals surface area contributed by atoms with Crippen LogP contribution in [0.15, 0.2) is 0 Å². The van der Waals surface area contributed by atoms with Crippen LogP contribution in [0.4, 0.5) is 0 Å². The van der Waals surface area contributed by atoms with Crippen LogP contribution >= 0.6 is 0 Å². The third kappa shape index (κ3) is 5.02. The predicted molar refractivity (Wildman–Crippen MR) is 69.8 cm³/mol.